The number of phenols is 1. The predicted octanol–water partition coefficient (Wildman–Crippen LogP) is 2.68. The molecule has 19 heavy (non-hydrogen) atoms. The molecule has 5 heteroatoms. The van der Waals surface area contributed by atoms with E-state index in [0.29, 0.717) is 11.6 Å². The molecule has 0 aliphatic carbocycles. The van der Waals surface area contributed by atoms with Gasteiger partial charge in [-0.25, -0.2) is 0 Å². The Hall–Kier alpha value is -2.07. The molecular formula is C14H13ClN2O2. The highest BCUT2D eigenvalue weighted by atomic mass is 35.5. The molecule has 1 aromatic heterocycles. The van der Waals surface area contributed by atoms with Crippen molar-refractivity contribution in [2.75, 3.05) is 0 Å². The predicted molar refractivity (Wildman–Crippen MR) is 73.3 cm³/mol. The fourth-order valence-corrected chi connectivity index (χ4v) is 1.74. The highest BCUT2D eigenvalue weighted by molar-refractivity contribution is 6.30. The van der Waals surface area contributed by atoms with Crippen molar-refractivity contribution < 1.29 is 9.90 Å². The highest BCUT2D eigenvalue weighted by Crippen LogP contribution is 2.21. The first-order chi connectivity index (χ1) is 9.06. The second-order valence-corrected chi connectivity index (χ2v) is 4.59. The van der Waals surface area contributed by atoms with Gasteiger partial charge < -0.3 is 10.4 Å². The number of hydrogen-bond acceptors (Lipinski definition) is 3. The molecule has 0 bridgehead atoms. The van der Waals surface area contributed by atoms with E-state index >= 15 is 0 Å². The number of aromatic nitrogens is 1. The smallest absolute Gasteiger partial charge is 0.255 e. The summed E-state index contributed by atoms with van der Waals surface area (Å²) in [7, 11) is 0. The van der Waals surface area contributed by atoms with Crippen molar-refractivity contribution in [1.29, 1.82) is 0 Å². The lowest BCUT2D eigenvalue weighted by Crippen LogP contribution is -2.22. The zero-order chi connectivity index (χ0) is 13.8. The first-order valence-electron chi connectivity index (χ1n) is 5.74. The van der Waals surface area contributed by atoms with Crippen molar-refractivity contribution in [2.24, 2.45) is 0 Å². The van der Waals surface area contributed by atoms with E-state index in [1.54, 1.807) is 12.3 Å². The van der Waals surface area contributed by atoms with Crippen molar-refractivity contribution in [3.63, 3.8) is 0 Å². The molecule has 2 rings (SSSR count). The van der Waals surface area contributed by atoms with E-state index in [0.717, 1.165) is 11.3 Å². The van der Waals surface area contributed by atoms with Crippen LogP contribution >= 0.6 is 11.6 Å². The zero-order valence-corrected chi connectivity index (χ0v) is 11.1. The van der Waals surface area contributed by atoms with Crippen LogP contribution in [0.25, 0.3) is 0 Å². The maximum atomic E-state index is 11.9. The Balaban J connectivity index is 2.03. The van der Waals surface area contributed by atoms with E-state index in [-0.39, 0.29) is 17.2 Å². The molecule has 0 fully saturated rings. The van der Waals surface area contributed by atoms with Crippen molar-refractivity contribution in [3.05, 3.63) is 58.4 Å². The van der Waals surface area contributed by atoms with Gasteiger partial charge in [0.2, 0.25) is 0 Å². The van der Waals surface area contributed by atoms with Crippen LogP contribution in [0.2, 0.25) is 5.02 Å². The number of phenolic OH excluding ortho intramolecular Hbond substituents is 1. The quantitative estimate of drug-likeness (QED) is 0.906. The van der Waals surface area contributed by atoms with Crippen LogP contribution in [0, 0.1) is 6.92 Å². The largest absolute Gasteiger partial charge is 0.507 e. The molecule has 0 aliphatic rings. The summed E-state index contributed by atoms with van der Waals surface area (Å²) >= 11 is 5.71. The van der Waals surface area contributed by atoms with Crippen molar-refractivity contribution in [3.8, 4) is 5.75 Å². The summed E-state index contributed by atoms with van der Waals surface area (Å²) < 4.78 is 0. The number of amides is 1. The lowest BCUT2D eigenvalue weighted by molar-refractivity contribution is 0.0948. The topological polar surface area (TPSA) is 62.2 Å². The van der Waals surface area contributed by atoms with E-state index < -0.39 is 0 Å². The lowest BCUT2D eigenvalue weighted by Gasteiger charge is -2.07. The number of halogens is 1. The molecule has 0 radical (unpaired) electrons. The van der Waals surface area contributed by atoms with Gasteiger partial charge in [-0.15, -0.1) is 0 Å². The van der Waals surface area contributed by atoms with Crippen LogP contribution in [0.15, 0.2) is 36.5 Å². The van der Waals surface area contributed by atoms with Gasteiger partial charge in [0.05, 0.1) is 5.56 Å². The van der Waals surface area contributed by atoms with E-state index in [9.17, 15) is 9.90 Å². The molecule has 1 amide bonds. The van der Waals surface area contributed by atoms with Gasteiger partial charge >= 0.3 is 0 Å². The van der Waals surface area contributed by atoms with Crippen LogP contribution in [-0.4, -0.2) is 16.0 Å². The second-order valence-electron chi connectivity index (χ2n) is 4.15. The molecule has 0 spiro atoms. The van der Waals surface area contributed by atoms with E-state index in [4.69, 9.17) is 11.6 Å². The molecule has 2 aromatic rings. The van der Waals surface area contributed by atoms with E-state index in [1.807, 2.05) is 19.1 Å². The van der Waals surface area contributed by atoms with Crippen molar-refractivity contribution >= 4 is 17.5 Å². The number of carbonyl (C=O) groups excluding carboxylic acids is 1. The first kappa shape index (κ1) is 13.4. The summed E-state index contributed by atoms with van der Waals surface area (Å²) in [4.78, 5) is 16.0. The molecule has 0 saturated heterocycles. The van der Waals surface area contributed by atoms with Crippen LogP contribution in [-0.2, 0) is 6.54 Å². The van der Waals surface area contributed by atoms with Crippen LogP contribution in [0.4, 0.5) is 0 Å². The Bertz CT molecular complexity index is 597. The maximum Gasteiger partial charge on any atom is 0.255 e. The molecular weight excluding hydrogens is 264 g/mol. The van der Waals surface area contributed by atoms with E-state index in [1.165, 1.54) is 12.1 Å². The summed E-state index contributed by atoms with van der Waals surface area (Å²) in [5, 5.41) is 12.7. The first-order valence-corrected chi connectivity index (χ1v) is 6.12. The summed E-state index contributed by atoms with van der Waals surface area (Å²) in [6.07, 6.45) is 1.71. The number of rotatable bonds is 3. The molecule has 1 heterocycles. The number of nitrogens with zero attached hydrogens (tertiary/aromatic N) is 1. The fraction of sp³-hybridized carbons (Fsp3) is 0.143. The minimum atomic E-state index is -0.352. The van der Waals surface area contributed by atoms with Gasteiger partial charge in [0.1, 0.15) is 5.75 Å². The number of carbonyl (C=O) groups is 1. The number of nitrogens with one attached hydrogen (secondary N) is 1. The van der Waals surface area contributed by atoms with Gasteiger partial charge in [0.25, 0.3) is 5.91 Å². The average Bonchev–Trinajstić information content (AvgIpc) is 2.37. The molecule has 0 aliphatic heterocycles. The number of hydrogen-bond donors (Lipinski definition) is 2. The Morgan fingerprint density at radius 2 is 2.16 bits per heavy atom. The Morgan fingerprint density at radius 1 is 1.37 bits per heavy atom. The Kier molecular flexibility index (Phi) is 4.02. The zero-order valence-electron chi connectivity index (χ0n) is 10.4. The minimum absolute atomic E-state index is 0.132. The normalized spacial score (nSPS) is 10.2. The third-order valence-electron chi connectivity index (χ3n) is 2.63. The van der Waals surface area contributed by atoms with Gasteiger partial charge in [-0.1, -0.05) is 17.7 Å². The summed E-state index contributed by atoms with van der Waals surface area (Å²) in [5.41, 5.74) is 2.02. The summed E-state index contributed by atoms with van der Waals surface area (Å²) in [6, 6.07) is 8.15. The highest BCUT2D eigenvalue weighted by Gasteiger charge is 2.10. The second kappa shape index (κ2) is 5.71. The monoisotopic (exact) mass is 276 g/mol. The summed E-state index contributed by atoms with van der Waals surface area (Å²) in [5.74, 6) is -0.484. The SMILES string of the molecule is Cc1ccc(CNC(=O)c2ccc(Cl)cc2O)cn1. The molecule has 98 valence electrons. The minimum Gasteiger partial charge on any atom is -0.507 e. The molecule has 1 aromatic carbocycles. The molecule has 2 N–H and O–H groups in total. The van der Waals surface area contributed by atoms with Crippen LogP contribution < -0.4 is 5.32 Å². The third kappa shape index (κ3) is 3.45. The van der Waals surface area contributed by atoms with E-state index in [2.05, 4.69) is 10.3 Å². The van der Waals surface area contributed by atoms with Gasteiger partial charge in [-0.2, -0.15) is 0 Å². The molecule has 0 atom stereocenters. The van der Waals surface area contributed by atoms with Crippen molar-refractivity contribution in [1.82, 2.24) is 10.3 Å². The molecule has 4 nitrogen and oxygen atoms in total. The van der Waals surface area contributed by atoms with Gasteiger partial charge in [-0.05, 0) is 36.8 Å². The number of benzene rings is 1. The van der Waals surface area contributed by atoms with Gasteiger partial charge in [0, 0.05) is 23.5 Å². The lowest BCUT2D eigenvalue weighted by atomic mass is 10.2. The third-order valence-corrected chi connectivity index (χ3v) is 2.87. The average molecular weight is 277 g/mol. The maximum absolute atomic E-state index is 11.9. The standard InChI is InChI=1S/C14H13ClN2O2/c1-9-2-3-10(7-16-9)8-17-14(19)12-5-4-11(15)6-13(12)18/h2-7,18H,8H2,1H3,(H,17,19). The summed E-state index contributed by atoms with van der Waals surface area (Å²) in [6.45, 7) is 2.25. The Labute approximate surface area is 116 Å². The molecule has 0 saturated carbocycles. The van der Waals surface area contributed by atoms with Crippen molar-refractivity contribution in [2.45, 2.75) is 13.5 Å². The van der Waals surface area contributed by atoms with Crippen LogP contribution in [0.5, 0.6) is 5.75 Å². The number of pyridine rings is 1. The number of aryl methyl sites for hydroxylation is 1. The Morgan fingerprint density at radius 3 is 2.79 bits per heavy atom. The van der Waals surface area contributed by atoms with Gasteiger partial charge in [-0.3, -0.25) is 9.78 Å². The number of aromatic hydroxyl groups is 1. The van der Waals surface area contributed by atoms with Crippen LogP contribution in [0.3, 0.4) is 0 Å². The fourth-order valence-electron chi connectivity index (χ4n) is 1.58. The van der Waals surface area contributed by atoms with Crippen LogP contribution in [0.1, 0.15) is 21.6 Å². The van der Waals surface area contributed by atoms with Gasteiger partial charge in [0.15, 0.2) is 0 Å². The molecule has 0 unspecified atom stereocenters.